The number of carboxylic acids is 1. The summed E-state index contributed by atoms with van der Waals surface area (Å²) in [4.78, 5) is 31.0. The Bertz CT molecular complexity index is 659. The van der Waals surface area contributed by atoms with Crippen LogP contribution in [0.25, 0.3) is 0 Å². The van der Waals surface area contributed by atoms with Crippen LogP contribution in [0.3, 0.4) is 0 Å². The monoisotopic (exact) mass is 305 g/mol. The largest absolute Gasteiger partial charge is 0.477 e. The van der Waals surface area contributed by atoms with Gasteiger partial charge in [0.25, 0.3) is 0 Å². The molecule has 0 atom stereocenters. The lowest BCUT2D eigenvalue weighted by molar-refractivity contribution is -0.123. The summed E-state index contributed by atoms with van der Waals surface area (Å²) in [6.07, 6.45) is 4.17. The van der Waals surface area contributed by atoms with E-state index in [1.54, 1.807) is 11.3 Å². The summed E-state index contributed by atoms with van der Waals surface area (Å²) in [6.45, 7) is 0. The van der Waals surface area contributed by atoms with Gasteiger partial charge in [-0.1, -0.05) is 6.07 Å². The van der Waals surface area contributed by atoms with Crippen LogP contribution in [0.1, 0.15) is 40.5 Å². The number of nitrogens with one attached hydrogen (secondary N) is 2. The van der Waals surface area contributed by atoms with Crippen LogP contribution < -0.4 is 5.32 Å². The third kappa shape index (κ3) is 2.69. The number of carbonyl (C=O) groups excluding carboxylic acids is 1. The van der Waals surface area contributed by atoms with Crippen molar-refractivity contribution in [3.63, 3.8) is 0 Å². The zero-order valence-corrected chi connectivity index (χ0v) is 12.1. The van der Waals surface area contributed by atoms with E-state index in [1.807, 2.05) is 17.5 Å². The molecule has 0 unspecified atom stereocenters. The van der Waals surface area contributed by atoms with E-state index in [4.69, 9.17) is 5.11 Å². The van der Waals surface area contributed by atoms with Gasteiger partial charge in [-0.3, -0.25) is 4.79 Å². The molecule has 0 aliphatic heterocycles. The van der Waals surface area contributed by atoms with Gasteiger partial charge in [-0.2, -0.15) is 0 Å². The summed E-state index contributed by atoms with van der Waals surface area (Å²) in [5.74, 6) is -0.579. The second-order valence-corrected chi connectivity index (χ2v) is 6.22. The molecule has 0 bridgehead atoms. The van der Waals surface area contributed by atoms with Crippen LogP contribution in [0.4, 0.5) is 0 Å². The maximum atomic E-state index is 12.2. The van der Waals surface area contributed by atoms with E-state index in [2.05, 4.69) is 15.3 Å². The van der Waals surface area contributed by atoms with E-state index in [1.165, 1.54) is 6.20 Å². The second-order valence-electron chi connectivity index (χ2n) is 5.19. The van der Waals surface area contributed by atoms with Crippen molar-refractivity contribution in [2.24, 2.45) is 0 Å². The molecule has 6 nitrogen and oxygen atoms in total. The predicted octanol–water partition coefficient (Wildman–Crippen LogP) is 1.91. The highest BCUT2D eigenvalue weighted by molar-refractivity contribution is 7.10. The first-order chi connectivity index (χ1) is 10.1. The molecular weight excluding hydrogens is 290 g/mol. The first kappa shape index (κ1) is 13.8. The summed E-state index contributed by atoms with van der Waals surface area (Å²) in [6, 6.07) is 3.84. The van der Waals surface area contributed by atoms with Crippen LogP contribution >= 0.6 is 11.3 Å². The summed E-state index contributed by atoms with van der Waals surface area (Å²) in [7, 11) is 0. The molecule has 0 saturated heterocycles. The smallest absolute Gasteiger partial charge is 0.353 e. The van der Waals surface area contributed by atoms with Crippen molar-refractivity contribution in [1.29, 1.82) is 0 Å². The van der Waals surface area contributed by atoms with Gasteiger partial charge >= 0.3 is 5.97 Å². The molecule has 1 aliphatic carbocycles. The molecule has 3 rings (SSSR count). The Kier molecular flexibility index (Phi) is 3.50. The lowest BCUT2D eigenvalue weighted by atomic mass is 9.76. The topological polar surface area (TPSA) is 95.1 Å². The van der Waals surface area contributed by atoms with Gasteiger partial charge in [0, 0.05) is 4.88 Å². The van der Waals surface area contributed by atoms with Gasteiger partial charge in [0.05, 0.1) is 18.2 Å². The first-order valence-corrected chi connectivity index (χ1v) is 7.59. The number of aromatic carboxylic acids is 1. The number of hydrogen-bond acceptors (Lipinski definition) is 4. The van der Waals surface area contributed by atoms with Gasteiger partial charge in [0.15, 0.2) is 0 Å². The minimum absolute atomic E-state index is 0.0452. The van der Waals surface area contributed by atoms with Gasteiger partial charge < -0.3 is 15.4 Å². The van der Waals surface area contributed by atoms with Gasteiger partial charge in [0.1, 0.15) is 11.5 Å². The number of carboxylic acid groups (broad SMARTS) is 1. The van der Waals surface area contributed by atoms with E-state index >= 15 is 0 Å². The van der Waals surface area contributed by atoms with Gasteiger partial charge in [0.2, 0.25) is 5.91 Å². The third-order valence-electron chi connectivity index (χ3n) is 3.76. The number of H-pyrrole nitrogens is 1. The van der Waals surface area contributed by atoms with E-state index in [0.29, 0.717) is 12.2 Å². The second kappa shape index (κ2) is 5.33. The van der Waals surface area contributed by atoms with Crippen molar-refractivity contribution in [1.82, 2.24) is 15.3 Å². The Labute approximate surface area is 125 Å². The maximum absolute atomic E-state index is 12.2. The molecule has 110 valence electrons. The molecule has 21 heavy (non-hydrogen) atoms. The Balaban J connectivity index is 1.73. The number of aromatic amines is 1. The van der Waals surface area contributed by atoms with E-state index in [0.717, 1.165) is 24.1 Å². The van der Waals surface area contributed by atoms with Crippen molar-refractivity contribution < 1.29 is 14.7 Å². The molecule has 2 aromatic heterocycles. The Morgan fingerprint density at radius 1 is 1.48 bits per heavy atom. The lowest BCUT2D eigenvalue weighted by Crippen LogP contribution is -2.52. The molecule has 7 heteroatoms. The highest BCUT2D eigenvalue weighted by Gasteiger charge is 2.42. The molecule has 1 fully saturated rings. The number of rotatable bonds is 5. The summed E-state index contributed by atoms with van der Waals surface area (Å²) in [5, 5.41) is 13.9. The molecule has 0 spiro atoms. The highest BCUT2D eigenvalue weighted by Crippen LogP contribution is 2.39. The summed E-state index contributed by atoms with van der Waals surface area (Å²) < 4.78 is 0. The van der Waals surface area contributed by atoms with Gasteiger partial charge in [-0.25, -0.2) is 9.78 Å². The molecule has 3 N–H and O–H groups in total. The number of amides is 1. The normalized spacial score (nSPS) is 16.2. The van der Waals surface area contributed by atoms with Crippen LogP contribution in [-0.4, -0.2) is 27.0 Å². The molecule has 0 radical (unpaired) electrons. The van der Waals surface area contributed by atoms with Crippen molar-refractivity contribution in [3.05, 3.63) is 40.1 Å². The molecular formula is C14H15N3O3S. The number of carbonyl (C=O) groups is 2. The van der Waals surface area contributed by atoms with Crippen molar-refractivity contribution >= 4 is 23.2 Å². The van der Waals surface area contributed by atoms with Crippen molar-refractivity contribution in [3.8, 4) is 0 Å². The summed E-state index contributed by atoms with van der Waals surface area (Å²) in [5.41, 5.74) is -0.494. The fourth-order valence-corrected chi connectivity index (χ4v) is 3.21. The molecule has 1 saturated carbocycles. The average molecular weight is 305 g/mol. The maximum Gasteiger partial charge on any atom is 0.353 e. The quantitative estimate of drug-likeness (QED) is 0.786. The SMILES string of the molecule is O=C(Cc1cccs1)NC1(c2ncc(C(=O)O)[nH]2)CCC1. The lowest BCUT2D eigenvalue weighted by Gasteiger charge is -2.40. The zero-order valence-electron chi connectivity index (χ0n) is 11.3. The molecule has 2 heterocycles. The number of hydrogen-bond donors (Lipinski definition) is 3. The van der Waals surface area contributed by atoms with Gasteiger partial charge in [-0.15, -0.1) is 11.3 Å². The molecule has 2 aromatic rings. The Morgan fingerprint density at radius 2 is 2.29 bits per heavy atom. The van der Waals surface area contributed by atoms with Crippen LogP contribution in [-0.2, 0) is 16.8 Å². The number of imidazole rings is 1. The summed E-state index contributed by atoms with van der Waals surface area (Å²) >= 11 is 1.54. The Hall–Kier alpha value is -2.15. The van der Waals surface area contributed by atoms with E-state index < -0.39 is 11.5 Å². The molecule has 1 amide bonds. The molecule has 0 aromatic carbocycles. The van der Waals surface area contributed by atoms with E-state index in [-0.39, 0.29) is 11.6 Å². The fourth-order valence-electron chi connectivity index (χ4n) is 2.51. The highest BCUT2D eigenvalue weighted by atomic mass is 32.1. The van der Waals surface area contributed by atoms with Crippen molar-refractivity contribution in [2.45, 2.75) is 31.2 Å². The average Bonchev–Trinajstić information content (AvgIpc) is 3.04. The zero-order chi connectivity index (χ0) is 14.9. The first-order valence-electron chi connectivity index (χ1n) is 6.71. The number of nitrogens with zero attached hydrogens (tertiary/aromatic N) is 1. The predicted molar refractivity (Wildman–Crippen MR) is 77.2 cm³/mol. The minimum atomic E-state index is -1.05. The third-order valence-corrected chi connectivity index (χ3v) is 4.64. The van der Waals surface area contributed by atoms with Crippen LogP contribution in [0.15, 0.2) is 23.7 Å². The van der Waals surface area contributed by atoms with Crippen LogP contribution in [0, 0.1) is 0 Å². The van der Waals surface area contributed by atoms with Crippen LogP contribution in [0.2, 0.25) is 0 Å². The Morgan fingerprint density at radius 3 is 2.81 bits per heavy atom. The standard InChI is InChI=1S/C14H15N3O3S/c18-11(7-9-3-1-6-21-9)17-14(4-2-5-14)13-15-8-10(16-13)12(19)20/h1,3,6,8H,2,4-5,7H2,(H,15,16)(H,17,18)(H,19,20). The fraction of sp³-hybridized carbons (Fsp3) is 0.357. The van der Waals surface area contributed by atoms with Crippen LogP contribution in [0.5, 0.6) is 0 Å². The van der Waals surface area contributed by atoms with Crippen molar-refractivity contribution in [2.75, 3.05) is 0 Å². The van der Waals surface area contributed by atoms with E-state index in [9.17, 15) is 9.59 Å². The number of thiophene rings is 1. The number of aromatic nitrogens is 2. The molecule has 1 aliphatic rings. The minimum Gasteiger partial charge on any atom is -0.477 e. The van der Waals surface area contributed by atoms with Gasteiger partial charge in [-0.05, 0) is 30.7 Å².